The quantitative estimate of drug-likeness (QED) is 0.0261. The molecule has 0 N–H and O–H groups in total. The molecular formula is C68H120O6. The first-order valence-electron chi connectivity index (χ1n) is 31.9. The lowest BCUT2D eigenvalue weighted by atomic mass is 10.0. The van der Waals surface area contributed by atoms with E-state index >= 15 is 0 Å². The van der Waals surface area contributed by atoms with Crippen LogP contribution in [0.2, 0.25) is 0 Å². The molecule has 0 aliphatic heterocycles. The maximum atomic E-state index is 12.9. The van der Waals surface area contributed by atoms with Gasteiger partial charge in [-0.1, -0.05) is 267 Å². The molecule has 0 spiro atoms. The van der Waals surface area contributed by atoms with Crippen molar-refractivity contribution in [1.29, 1.82) is 0 Å². The van der Waals surface area contributed by atoms with E-state index in [-0.39, 0.29) is 31.1 Å². The van der Waals surface area contributed by atoms with Crippen LogP contribution in [0.4, 0.5) is 0 Å². The number of allylic oxidation sites excluding steroid dienone is 12. The average Bonchev–Trinajstić information content (AvgIpc) is 3.40. The van der Waals surface area contributed by atoms with Crippen molar-refractivity contribution in [3.63, 3.8) is 0 Å². The van der Waals surface area contributed by atoms with E-state index in [1.165, 1.54) is 173 Å². The summed E-state index contributed by atoms with van der Waals surface area (Å²) in [5.41, 5.74) is 0. The van der Waals surface area contributed by atoms with Gasteiger partial charge in [0.25, 0.3) is 0 Å². The Morgan fingerprint density at radius 3 is 0.824 bits per heavy atom. The van der Waals surface area contributed by atoms with Crippen molar-refractivity contribution >= 4 is 17.9 Å². The number of hydrogen-bond donors (Lipinski definition) is 0. The second-order valence-corrected chi connectivity index (χ2v) is 21.3. The average molecular weight is 1030 g/mol. The summed E-state index contributed by atoms with van der Waals surface area (Å²) in [5.74, 6) is -0.894. The van der Waals surface area contributed by atoms with Crippen LogP contribution < -0.4 is 0 Å². The van der Waals surface area contributed by atoms with Gasteiger partial charge in [-0.05, 0) is 109 Å². The van der Waals surface area contributed by atoms with Crippen molar-refractivity contribution in [2.45, 2.75) is 329 Å². The standard InChI is InChI=1S/C68H120O6/c1-4-7-10-13-16-19-22-25-27-28-29-30-31-32-33-34-35-36-37-38-39-40-41-44-46-49-52-55-58-61-67(70)73-64-65(63-72-66(69)60-57-54-51-48-45-42-24-21-18-15-12-9-6-3)74-68(71)62-59-56-53-50-47-43-26-23-20-17-14-11-8-5-2/h12,15,21-26,28-29,31-32,65H,4-11,13-14,16-20,27,30,33-64H2,1-3H3/b15-12-,24-21-,25-22-,26-23-,29-28-,32-31-. The van der Waals surface area contributed by atoms with Crippen LogP contribution >= 0.6 is 0 Å². The van der Waals surface area contributed by atoms with Gasteiger partial charge >= 0.3 is 17.9 Å². The number of carbonyl (C=O) groups is 3. The Labute approximate surface area is 459 Å². The highest BCUT2D eigenvalue weighted by atomic mass is 16.6. The van der Waals surface area contributed by atoms with Gasteiger partial charge in [-0.3, -0.25) is 14.4 Å². The van der Waals surface area contributed by atoms with Gasteiger partial charge < -0.3 is 14.2 Å². The van der Waals surface area contributed by atoms with E-state index in [0.717, 1.165) is 109 Å². The first-order valence-corrected chi connectivity index (χ1v) is 31.9. The zero-order valence-electron chi connectivity index (χ0n) is 49.1. The fourth-order valence-corrected chi connectivity index (χ4v) is 9.07. The van der Waals surface area contributed by atoms with Gasteiger partial charge in [0.1, 0.15) is 13.2 Å². The molecule has 0 fully saturated rings. The van der Waals surface area contributed by atoms with Crippen LogP contribution in [0.1, 0.15) is 323 Å². The molecule has 428 valence electrons. The molecule has 6 heteroatoms. The molecule has 0 aromatic carbocycles. The highest BCUT2D eigenvalue weighted by molar-refractivity contribution is 5.71. The molecule has 0 aromatic heterocycles. The molecule has 1 atom stereocenters. The third kappa shape index (κ3) is 59.7. The fraction of sp³-hybridized carbons (Fsp3) is 0.779. The normalized spacial score (nSPS) is 12.5. The minimum Gasteiger partial charge on any atom is -0.462 e. The monoisotopic (exact) mass is 1030 g/mol. The van der Waals surface area contributed by atoms with E-state index in [2.05, 4.69) is 93.7 Å². The van der Waals surface area contributed by atoms with E-state index in [0.29, 0.717) is 19.3 Å². The van der Waals surface area contributed by atoms with Crippen LogP contribution in [-0.4, -0.2) is 37.2 Å². The van der Waals surface area contributed by atoms with Crippen LogP contribution in [0, 0.1) is 0 Å². The van der Waals surface area contributed by atoms with Crippen LogP contribution in [0.3, 0.4) is 0 Å². The predicted molar refractivity (Wildman–Crippen MR) is 321 cm³/mol. The van der Waals surface area contributed by atoms with Gasteiger partial charge in [-0.2, -0.15) is 0 Å². The van der Waals surface area contributed by atoms with Gasteiger partial charge in [-0.25, -0.2) is 0 Å². The summed E-state index contributed by atoms with van der Waals surface area (Å²) < 4.78 is 16.9. The Hall–Kier alpha value is -3.15. The number of esters is 3. The van der Waals surface area contributed by atoms with Crippen molar-refractivity contribution in [3.05, 3.63) is 72.9 Å². The van der Waals surface area contributed by atoms with E-state index in [1.54, 1.807) is 0 Å². The summed E-state index contributed by atoms with van der Waals surface area (Å²) in [6, 6.07) is 0. The summed E-state index contributed by atoms with van der Waals surface area (Å²) in [6.07, 6.45) is 80.6. The number of unbranched alkanes of at least 4 members (excludes halogenated alkanes) is 35. The lowest BCUT2D eigenvalue weighted by molar-refractivity contribution is -0.167. The summed E-state index contributed by atoms with van der Waals surface area (Å²) in [4.78, 5) is 38.2. The molecular weight excluding hydrogens is 913 g/mol. The zero-order chi connectivity index (χ0) is 53.6. The van der Waals surface area contributed by atoms with E-state index in [9.17, 15) is 14.4 Å². The number of hydrogen-bond acceptors (Lipinski definition) is 6. The maximum Gasteiger partial charge on any atom is 0.306 e. The molecule has 0 saturated carbocycles. The van der Waals surface area contributed by atoms with Crippen molar-refractivity contribution in [2.75, 3.05) is 13.2 Å². The Bertz CT molecular complexity index is 1370. The third-order valence-electron chi connectivity index (χ3n) is 13.9. The number of rotatable bonds is 58. The number of carbonyl (C=O) groups excluding carboxylic acids is 3. The van der Waals surface area contributed by atoms with Gasteiger partial charge in [0.15, 0.2) is 6.10 Å². The van der Waals surface area contributed by atoms with Crippen molar-refractivity contribution in [1.82, 2.24) is 0 Å². The van der Waals surface area contributed by atoms with Crippen molar-refractivity contribution in [2.24, 2.45) is 0 Å². The lowest BCUT2D eigenvalue weighted by Crippen LogP contribution is -2.30. The third-order valence-corrected chi connectivity index (χ3v) is 13.9. The van der Waals surface area contributed by atoms with Gasteiger partial charge in [-0.15, -0.1) is 0 Å². The Morgan fingerprint density at radius 1 is 0.270 bits per heavy atom. The summed E-state index contributed by atoms with van der Waals surface area (Å²) in [6.45, 7) is 6.56. The molecule has 74 heavy (non-hydrogen) atoms. The first-order chi connectivity index (χ1) is 36.5. The smallest absolute Gasteiger partial charge is 0.306 e. The predicted octanol–water partition coefficient (Wildman–Crippen LogP) is 21.7. The molecule has 1 unspecified atom stereocenters. The largest absolute Gasteiger partial charge is 0.462 e. The second-order valence-electron chi connectivity index (χ2n) is 21.3. The Morgan fingerprint density at radius 2 is 0.514 bits per heavy atom. The molecule has 0 saturated heterocycles. The number of ether oxygens (including phenoxy) is 3. The molecule has 0 aliphatic rings. The van der Waals surface area contributed by atoms with E-state index in [4.69, 9.17) is 14.2 Å². The molecule has 0 radical (unpaired) electrons. The summed E-state index contributed by atoms with van der Waals surface area (Å²) in [7, 11) is 0. The fourth-order valence-electron chi connectivity index (χ4n) is 9.07. The Balaban J connectivity index is 4.21. The SMILES string of the molecule is CCC/C=C\C/C=C\CCCCCCCC(=O)OCC(COC(=O)CCCCCCCCCCCCCCCC/C=C\C/C=C\C/C=C\CCCCCCC)OC(=O)CCCCCCC/C=C\CCCCCCC. The molecule has 0 rings (SSSR count). The van der Waals surface area contributed by atoms with Crippen LogP contribution in [-0.2, 0) is 28.6 Å². The minimum atomic E-state index is -0.785. The van der Waals surface area contributed by atoms with Crippen molar-refractivity contribution < 1.29 is 28.6 Å². The van der Waals surface area contributed by atoms with Crippen molar-refractivity contribution in [3.8, 4) is 0 Å². The highest BCUT2D eigenvalue weighted by Crippen LogP contribution is 2.16. The topological polar surface area (TPSA) is 78.9 Å². The summed E-state index contributed by atoms with van der Waals surface area (Å²) >= 11 is 0. The van der Waals surface area contributed by atoms with Crippen LogP contribution in [0.5, 0.6) is 0 Å². The van der Waals surface area contributed by atoms with Gasteiger partial charge in [0, 0.05) is 19.3 Å². The second kappa shape index (κ2) is 62.4. The van der Waals surface area contributed by atoms with Crippen LogP contribution in [0.25, 0.3) is 0 Å². The Kier molecular flexibility index (Phi) is 59.7. The zero-order valence-corrected chi connectivity index (χ0v) is 49.1. The molecule has 0 aliphatic carbocycles. The van der Waals surface area contributed by atoms with Gasteiger partial charge in [0.05, 0.1) is 0 Å². The molecule has 6 nitrogen and oxygen atoms in total. The molecule has 0 heterocycles. The van der Waals surface area contributed by atoms with E-state index < -0.39 is 6.10 Å². The van der Waals surface area contributed by atoms with E-state index in [1.807, 2.05) is 0 Å². The van der Waals surface area contributed by atoms with Gasteiger partial charge in [0.2, 0.25) is 0 Å². The highest BCUT2D eigenvalue weighted by Gasteiger charge is 2.19. The maximum absolute atomic E-state index is 12.9. The summed E-state index contributed by atoms with van der Waals surface area (Å²) in [5, 5.41) is 0. The molecule has 0 bridgehead atoms. The molecule has 0 aromatic rings. The minimum absolute atomic E-state index is 0.0819. The van der Waals surface area contributed by atoms with Crippen LogP contribution in [0.15, 0.2) is 72.9 Å². The molecule has 0 amide bonds. The lowest BCUT2D eigenvalue weighted by Gasteiger charge is -2.18. The first kappa shape index (κ1) is 70.8.